The molecule has 0 fully saturated rings. The number of amides is 2. The van der Waals surface area contributed by atoms with Gasteiger partial charge in [-0.15, -0.1) is 0 Å². The third kappa shape index (κ3) is 6.61. The summed E-state index contributed by atoms with van der Waals surface area (Å²) in [4.78, 5) is 24.8. The van der Waals surface area contributed by atoms with E-state index in [4.69, 9.17) is 4.74 Å². The van der Waals surface area contributed by atoms with Crippen LogP contribution in [0.5, 0.6) is 5.75 Å². The SMILES string of the molecule is CCCCOc1ccc(C(C)NC(=O)CCN2NC(c3ccc(C)cc3)=CCC2=O)cc1. The molecule has 1 aliphatic heterocycles. The van der Waals surface area contributed by atoms with Crippen LogP contribution in [0.4, 0.5) is 0 Å². The van der Waals surface area contributed by atoms with E-state index in [0.29, 0.717) is 19.6 Å². The first-order valence-corrected chi connectivity index (χ1v) is 11.3. The van der Waals surface area contributed by atoms with Crippen molar-refractivity contribution in [3.05, 3.63) is 71.3 Å². The standard InChI is InChI=1S/C26H33N3O3/c1-4-5-18-32-23-12-10-21(11-13-23)20(3)27-25(30)16-17-29-26(31)15-14-24(28-29)22-8-6-19(2)7-9-22/h6-14,20,28H,4-5,15-18H2,1-3H3,(H,27,30). The molecule has 2 N–H and O–H groups in total. The second-order valence-electron chi connectivity index (χ2n) is 8.16. The molecule has 1 heterocycles. The first-order chi connectivity index (χ1) is 15.5. The number of carbonyl (C=O) groups is 2. The van der Waals surface area contributed by atoms with Gasteiger partial charge in [0.15, 0.2) is 0 Å². The van der Waals surface area contributed by atoms with Crippen molar-refractivity contribution in [2.75, 3.05) is 13.2 Å². The Morgan fingerprint density at radius 2 is 1.88 bits per heavy atom. The molecule has 2 amide bonds. The van der Waals surface area contributed by atoms with Gasteiger partial charge in [0.1, 0.15) is 5.75 Å². The molecule has 1 atom stereocenters. The van der Waals surface area contributed by atoms with E-state index in [9.17, 15) is 9.59 Å². The molecule has 0 saturated heterocycles. The Kier molecular flexibility index (Phi) is 8.31. The minimum atomic E-state index is -0.125. The lowest BCUT2D eigenvalue weighted by Crippen LogP contribution is -2.46. The summed E-state index contributed by atoms with van der Waals surface area (Å²) in [5.74, 6) is 0.704. The van der Waals surface area contributed by atoms with Gasteiger partial charge in [-0.3, -0.25) is 20.0 Å². The molecule has 6 nitrogen and oxygen atoms in total. The summed E-state index contributed by atoms with van der Waals surface area (Å²) in [5.41, 5.74) is 7.26. The third-order valence-electron chi connectivity index (χ3n) is 5.49. The van der Waals surface area contributed by atoms with Gasteiger partial charge in [0.05, 0.1) is 24.9 Å². The van der Waals surface area contributed by atoms with Gasteiger partial charge >= 0.3 is 0 Å². The van der Waals surface area contributed by atoms with Crippen molar-refractivity contribution >= 4 is 17.5 Å². The van der Waals surface area contributed by atoms with Gasteiger partial charge in [0, 0.05) is 12.8 Å². The van der Waals surface area contributed by atoms with Crippen LogP contribution in [0.15, 0.2) is 54.6 Å². The summed E-state index contributed by atoms with van der Waals surface area (Å²) >= 11 is 0. The average molecular weight is 436 g/mol. The number of carbonyl (C=O) groups excluding carboxylic acids is 2. The van der Waals surface area contributed by atoms with Gasteiger partial charge in [-0.2, -0.15) is 0 Å². The summed E-state index contributed by atoms with van der Waals surface area (Å²) in [6, 6.07) is 15.8. The van der Waals surface area contributed by atoms with Crippen LogP contribution in [0.1, 0.15) is 62.3 Å². The fraction of sp³-hybridized carbons (Fsp3) is 0.385. The van der Waals surface area contributed by atoms with Crippen molar-refractivity contribution in [1.29, 1.82) is 0 Å². The fourth-order valence-corrected chi connectivity index (χ4v) is 3.45. The zero-order chi connectivity index (χ0) is 22.9. The Bertz CT molecular complexity index is 936. The number of nitrogens with zero attached hydrogens (tertiary/aromatic N) is 1. The van der Waals surface area contributed by atoms with Crippen LogP contribution < -0.4 is 15.5 Å². The maximum absolute atomic E-state index is 12.5. The van der Waals surface area contributed by atoms with Gasteiger partial charge in [-0.1, -0.05) is 55.3 Å². The topological polar surface area (TPSA) is 70.7 Å². The molecule has 170 valence electrons. The maximum atomic E-state index is 12.5. The maximum Gasteiger partial charge on any atom is 0.244 e. The van der Waals surface area contributed by atoms with E-state index in [1.165, 1.54) is 10.6 Å². The van der Waals surface area contributed by atoms with Crippen molar-refractivity contribution in [2.45, 2.75) is 52.5 Å². The van der Waals surface area contributed by atoms with Gasteiger partial charge in [0.25, 0.3) is 0 Å². The number of hydrogen-bond donors (Lipinski definition) is 2. The minimum Gasteiger partial charge on any atom is -0.494 e. The highest BCUT2D eigenvalue weighted by atomic mass is 16.5. The van der Waals surface area contributed by atoms with Crippen molar-refractivity contribution < 1.29 is 14.3 Å². The van der Waals surface area contributed by atoms with Gasteiger partial charge in [0.2, 0.25) is 11.8 Å². The van der Waals surface area contributed by atoms with Crippen LogP contribution in [0.25, 0.3) is 5.70 Å². The smallest absolute Gasteiger partial charge is 0.244 e. The highest BCUT2D eigenvalue weighted by molar-refractivity contribution is 5.84. The Morgan fingerprint density at radius 3 is 2.56 bits per heavy atom. The number of nitrogens with one attached hydrogen (secondary N) is 2. The number of rotatable bonds is 10. The van der Waals surface area contributed by atoms with E-state index in [2.05, 4.69) is 17.7 Å². The average Bonchev–Trinajstić information content (AvgIpc) is 2.80. The van der Waals surface area contributed by atoms with Crippen LogP contribution in [0.3, 0.4) is 0 Å². The van der Waals surface area contributed by atoms with Crippen molar-refractivity contribution in [2.24, 2.45) is 0 Å². The van der Waals surface area contributed by atoms with E-state index >= 15 is 0 Å². The van der Waals surface area contributed by atoms with Crippen molar-refractivity contribution in [3.63, 3.8) is 0 Å². The number of hydrazine groups is 1. The monoisotopic (exact) mass is 435 g/mol. The lowest BCUT2D eigenvalue weighted by atomic mass is 10.1. The van der Waals surface area contributed by atoms with E-state index in [1.54, 1.807) is 0 Å². The van der Waals surface area contributed by atoms with Crippen molar-refractivity contribution in [3.8, 4) is 5.75 Å². The summed E-state index contributed by atoms with van der Waals surface area (Å²) in [7, 11) is 0. The fourth-order valence-electron chi connectivity index (χ4n) is 3.45. The van der Waals surface area contributed by atoms with Crippen LogP contribution >= 0.6 is 0 Å². The minimum absolute atomic E-state index is 0.0413. The number of hydrogen-bond acceptors (Lipinski definition) is 4. The van der Waals surface area contributed by atoms with Crippen LogP contribution in [0, 0.1) is 6.92 Å². The molecule has 0 saturated carbocycles. The van der Waals surface area contributed by atoms with Crippen LogP contribution in [0.2, 0.25) is 0 Å². The number of benzene rings is 2. The Labute approximate surface area is 190 Å². The highest BCUT2D eigenvalue weighted by Gasteiger charge is 2.21. The molecule has 6 heteroatoms. The largest absolute Gasteiger partial charge is 0.494 e. The Morgan fingerprint density at radius 1 is 1.16 bits per heavy atom. The predicted molar refractivity (Wildman–Crippen MR) is 127 cm³/mol. The van der Waals surface area contributed by atoms with Crippen LogP contribution in [-0.4, -0.2) is 30.0 Å². The van der Waals surface area contributed by atoms with E-state index in [-0.39, 0.29) is 24.3 Å². The zero-order valence-corrected chi connectivity index (χ0v) is 19.2. The predicted octanol–water partition coefficient (Wildman–Crippen LogP) is 4.52. The molecule has 3 rings (SSSR count). The van der Waals surface area contributed by atoms with Gasteiger partial charge < -0.3 is 10.1 Å². The lowest BCUT2D eigenvalue weighted by molar-refractivity contribution is -0.133. The zero-order valence-electron chi connectivity index (χ0n) is 19.2. The first-order valence-electron chi connectivity index (χ1n) is 11.3. The molecule has 0 bridgehead atoms. The molecule has 1 unspecified atom stereocenters. The number of unbranched alkanes of at least 4 members (excludes halogenated alkanes) is 1. The second kappa shape index (κ2) is 11.4. The van der Waals surface area contributed by atoms with Crippen molar-refractivity contribution in [1.82, 2.24) is 15.8 Å². The van der Waals surface area contributed by atoms with Gasteiger partial charge in [-0.25, -0.2) is 0 Å². The summed E-state index contributed by atoms with van der Waals surface area (Å²) in [6.07, 6.45) is 4.57. The quantitative estimate of drug-likeness (QED) is 0.539. The number of aryl methyl sites for hydroxylation is 1. The molecule has 0 aromatic heterocycles. The molecular formula is C26H33N3O3. The molecule has 2 aromatic rings. The first kappa shape index (κ1) is 23.4. The Balaban J connectivity index is 1.48. The summed E-state index contributed by atoms with van der Waals surface area (Å²) in [5, 5.41) is 4.54. The molecule has 0 radical (unpaired) electrons. The molecule has 2 aromatic carbocycles. The second-order valence-corrected chi connectivity index (χ2v) is 8.16. The summed E-state index contributed by atoms with van der Waals surface area (Å²) < 4.78 is 5.69. The lowest BCUT2D eigenvalue weighted by Gasteiger charge is -2.29. The van der Waals surface area contributed by atoms with Gasteiger partial charge in [-0.05, 0) is 49.6 Å². The molecule has 0 aliphatic carbocycles. The number of ether oxygens (including phenoxy) is 1. The normalized spacial score (nSPS) is 14.4. The highest BCUT2D eigenvalue weighted by Crippen LogP contribution is 2.19. The van der Waals surface area contributed by atoms with Crippen LogP contribution in [-0.2, 0) is 9.59 Å². The molecule has 0 spiro atoms. The molecular weight excluding hydrogens is 402 g/mol. The van der Waals surface area contributed by atoms with E-state index in [1.807, 2.05) is 68.5 Å². The van der Waals surface area contributed by atoms with E-state index < -0.39 is 0 Å². The van der Waals surface area contributed by atoms with E-state index in [0.717, 1.165) is 35.4 Å². The molecule has 32 heavy (non-hydrogen) atoms. The Hall–Kier alpha value is -3.28. The third-order valence-corrected chi connectivity index (χ3v) is 5.49. The molecule has 1 aliphatic rings. The summed E-state index contributed by atoms with van der Waals surface area (Å²) in [6.45, 7) is 7.15.